The molecule has 2 heterocycles. The predicted molar refractivity (Wildman–Crippen MR) is 106 cm³/mol. The molecule has 3 amide bonds. The molecular formula is C20H28N4O5. The van der Waals surface area contributed by atoms with E-state index in [0.29, 0.717) is 58.0 Å². The average molecular weight is 404 g/mol. The van der Waals surface area contributed by atoms with Crippen LogP contribution in [0.4, 0.5) is 5.69 Å². The molecule has 0 aliphatic carbocycles. The van der Waals surface area contributed by atoms with Crippen LogP contribution >= 0.6 is 0 Å². The van der Waals surface area contributed by atoms with Crippen LogP contribution in [0.1, 0.15) is 35.2 Å². The standard InChI is InChI=1S/C20H28N4O5/c21-7-2-9-28-11-12-29-10-8-22-16-4-1-3-14-15(16)13-24(20(14)27)17-5-6-18(25)23-19(17)26/h1,3-4,17,22H,2,5-13,21H2,(H,23,25,26). The van der Waals surface area contributed by atoms with Gasteiger partial charge >= 0.3 is 0 Å². The van der Waals surface area contributed by atoms with Crippen molar-refractivity contribution in [3.63, 3.8) is 0 Å². The SMILES string of the molecule is NCCCOCCOCCNc1cccc2c1CN(C1CCC(=O)NC1=O)C2=O. The van der Waals surface area contributed by atoms with E-state index in [0.717, 1.165) is 17.7 Å². The minimum atomic E-state index is -0.608. The average Bonchev–Trinajstić information content (AvgIpc) is 3.04. The minimum absolute atomic E-state index is 0.177. The Balaban J connectivity index is 1.49. The van der Waals surface area contributed by atoms with E-state index >= 15 is 0 Å². The number of anilines is 1. The van der Waals surface area contributed by atoms with E-state index in [9.17, 15) is 14.4 Å². The van der Waals surface area contributed by atoms with Crippen molar-refractivity contribution in [2.45, 2.75) is 31.8 Å². The largest absolute Gasteiger partial charge is 0.382 e. The number of hydrogen-bond donors (Lipinski definition) is 3. The zero-order valence-corrected chi connectivity index (χ0v) is 16.4. The van der Waals surface area contributed by atoms with E-state index < -0.39 is 11.9 Å². The maximum Gasteiger partial charge on any atom is 0.255 e. The molecule has 2 aliphatic heterocycles. The fraction of sp³-hybridized carbons (Fsp3) is 0.550. The Morgan fingerprint density at radius 1 is 1.14 bits per heavy atom. The lowest BCUT2D eigenvalue weighted by Gasteiger charge is -2.29. The third kappa shape index (κ3) is 5.31. The summed E-state index contributed by atoms with van der Waals surface area (Å²) >= 11 is 0. The normalized spacial score (nSPS) is 18.7. The highest BCUT2D eigenvalue weighted by Gasteiger charge is 2.39. The smallest absolute Gasteiger partial charge is 0.255 e. The molecule has 9 nitrogen and oxygen atoms in total. The Kier molecular flexibility index (Phi) is 7.56. The molecule has 1 atom stereocenters. The van der Waals surface area contributed by atoms with Gasteiger partial charge in [0.15, 0.2) is 0 Å². The van der Waals surface area contributed by atoms with Gasteiger partial charge in [-0.1, -0.05) is 6.07 Å². The molecule has 4 N–H and O–H groups in total. The minimum Gasteiger partial charge on any atom is -0.382 e. The zero-order valence-electron chi connectivity index (χ0n) is 16.4. The topological polar surface area (TPSA) is 123 Å². The maximum atomic E-state index is 12.8. The summed E-state index contributed by atoms with van der Waals surface area (Å²) in [5.74, 6) is -0.870. The second kappa shape index (κ2) is 10.3. The predicted octanol–water partition coefficient (Wildman–Crippen LogP) is 0.242. The summed E-state index contributed by atoms with van der Waals surface area (Å²) in [4.78, 5) is 37.9. The van der Waals surface area contributed by atoms with Crippen LogP contribution in [0.25, 0.3) is 0 Å². The highest BCUT2D eigenvalue weighted by Crippen LogP contribution is 2.32. The number of ether oxygens (including phenoxy) is 2. The number of nitrogens with two attached hydrogens (primary N) is 1. The Bertz CT molecular complexity index is 754. The van der Waals surface area contributed by atoms with Crippen LogP contribution in [0.15, 0.2) is 18.2 Å². The summed E-state index contributed by atoms with van der Waals surface area (Å²) in [6, 6.07) is 4.89. The number of nitrogens with one attached hydrogen (secondary N) is 2. The van der Waals surface area contributed by atoms with Crippen LogP contribution in [0.2, 0.25) is 0 Å². The summed E-state index contributed by atoms with van der Waals surface area (Å²) in [5.41, 5.74) is 7.71. The molecule has 158 valence electrons. The van der Waals surface area contributed by atoms with Crippen molar-refractivity contribution in [1.82, 2.24) is 10.2 Å². The Labute approximate surface area is 169 Å². The molecule has 1 aromatic carbocycles. The van der Waals surface area contributed by atoms with Gasteiger partial charge in [-0.25, -0.2) is 0 Å². The fourth-order valence-electron chi connectivity index (χ4n) is 3.52. The van der Waals surface area contributed by atoms with Crippen molar-refractivity contribution >= 4 is 23.4 Å². The number of carbonyl (C=O) groups excluding carboxylic acids is 3. The number of rotatable bonds is 11. The van der Waals surface area contributed by atoms with Crippen LogP contribution in [0, 0.1) is 0 Å². The lowest BCUT2D eigenvalue weighted by molar-refractivity contribution is -0.136. The molecule has 2 aliphatic rings. The quantitative estimate of drug-likeness (QED) is 0.357. The third-order valence-electron chi connectivity index (χ3n) is 5.01. The van der Waals surface area contributed by atoms with Gasteiger partial charge in [0.2, 0.25) is 11.8 Å². The Morgan fingerprint density at radius 2 is 1.93 bits per heavy atom. The summed E-state index contributed by atoms with van der Waals surface area (Å²) in [7, 11) is 0. The third-order valence-corrected chi connectivity index (χ3v) is 5.01. The molecule has 1 aromatic rings. The van der Waals surface area contributed by atoms with Gasteiger partial charge in [-0.3, -0.25) is 19.7 Å². The van der Waals surface area contributed by atoms with Gasteiger partial charge in [-0.2, -0.15) is 0 Å². The van der Waals surface area contributed by atoms with Gasteiger partial charge in [0, 0.05) is 42.9 Å². The first-order chi connectivity index (χ1) is 14.1. The number of hydrogen-bond acceptors (Lipinski definition) is 7. The van der Waals surface area contributed by atoms with Crippen molar-refractivity contribution < 1.29 is 23.9 Å². The summed E-state index contributed by atoms with van der Waals surface area (Å²) in [6.45, 7) is 3.76. The molecule has 0 aromatic heterocycles. The second-order valence-corrected chi connectivity index (χ2v) is 7.03. The first kappa shape index (κ1) is 21.2. The number of fused-ring (bicyclic) bond motifs is 1. The number of nitrogens with zero attached hydrogens (tertiary/aromatic N) is 1. The van der Waals surface area contributed by atoms with Gasteiger partial charge in [0.05, 0.1) is 19.8 Å². The van der Waals surface area contributed by atoms with E-state index in [4.69, 9.17) is 15.2 Å². The van der Waals surface area contributed by atoms with Gasteiger partial charge in [0.1, 0.15) is 6.04 Å². The molecule has 0 saturated carbocycles. The molecule has 1 saturated heterocycles. The van der Waals surface area contributed by atoms with Crippen LogP contribution in [0.5, 0.6) is 0 Å². The summed E-state index contributed by atoms with van der Waals surface area (Å²) < 4.78 is 10.9. The highest BCUT2D eigenvalue weighted by atomic mass is 16.5. The molecule has 9 heteroatoms. The Hall–Kier alpha value is -2.49. The van der Waals surface area contributed by atoms with Gasteiger partial charge in [-0.15, -0.1) is 0 Å². The number of benzene rings is 1. The summed E-state index contributed by atoms with van der Waals surface area (Å²) in [6.07, 6.45) is 1.44. The number of carbonyl (C=O) groups is 3. The lowest BCUT2D eigenvalue weighted by atomic mass is 10.0. The van der Waals surface area contributed by atoms with Crippen molar-refractivity contribution in [1.29, 1.82) is 0 Å². The zero-order chi connectivity index (χ0) is 20.6. The first-order valence-corrected chi connectivity index (χ1v) is 9.97. The molecular weight excluding hydrogens is 376 g/mol. The Morgan fingerprint density at radius 3 is 2.69 bits per heavy atom. The number of imide groups is 1. The molecule has 3 rings (SSSR count). The molecule has 0 radical (unpaired) electrons. The first-order valence-electron chi connectivity index (χ1n) is 9.97. The van der Waals surface area contributed by atoms with Crippen LogP contribution in [-0.4, -0.2) is 68.2 Å². The van der Waals surface area contributed by atoms with Crippen molar-refractivity contribution in [3.8, 4) is 0 Å². The maximum absolute atomic E-state index is 12.8. The van der Waals surface area contributed by atoms with Crippen LogP contribution < -0.4 is 16.4 Å². The van der Waals surface area contributed by atoms with Crippen LogP contribution in [0.3, 0.4) is 0 Å². The van der Waals surface area contributed by atoms with Gasteiger partial charge in [-0.05, 0) is 31.5 Å². The molecule has 29 heavy (non-hydrogen) atoms. The van der Waals surface area contributed by atoms with E-state index in [-0.39, 0.29) is 18.2 Å². The van der Waals surface area contributed by atoms with E-state index in [2.05, 4.69) is 10.6 Å². The molecule has 0 spiro atoms. The second-order valence-electron chi connectivity index (χ2n) is 7.03. The van der Waals surface area contributed by atoms with Crippen molar-refractivity contribution in [2.75, 3.05) is 44.8 Å². The highest BCUT2D eigenvalue weighted by molar-refractivity contribution is 6.06. The lowest BCUT2D eigenvalue weighted by Crippen LogP contribution is -2.52. The van der Waals surface area contributed by atoms with Gasteiger partial charge < -0.3 is 25.4 Å². The molecule has 1 fully saturated rings. The fourth-order valence-corrected chi connectivity index (χ4v) is 3.52. The monoisotopic (exact) mass is 404 g/mol. The number of amides is 3. The summed E-state index contributed by atoms with van der Waals surface area (Å²) in [5, 5.41) is 5.62. The van der Waals surface area contributed by atoms with Gasteiger partial charge in [0.25, 0.3) is 5.91 Å². The van der Waals surface area contributed by atoms with Crippen molar-refractivity contribution in [3.05, 3.63) is 29.3 Å². The number of piperidine rings is 1. The van der Waals surface area contributed by atoms with Crippen molar-refractivity contribution in [2.24, 2.45) is 5.73 Å². The van der Waals surface area contributed by atoms with E-state index in [1.807, 2.05) is 12.1 Å². The molecule has 0 bridgehead atoms. The van der Waals surface area contributed by atoms with E-state index in [1.165, 1.54) is 0 Å². The molecule has 1 unspecified atom stereocenters. The van der Waals surface area contributed by atoms with E-state index in [1.54, 1.807) is 11.0 Å². The van der Waals surface area contributed by atoms with Crippen LogP contribution in [-0.2, 0) is 25.6 Å².